The Kier molecular flexibility index (Phi) is 5.94. The fourth-order valence-electron chi connectivity index (χ4n) is 2.77. The van der Waals surface area contributed by atoms with Gasteiger partial charge in [-0.05, 0) is 33.6 Å². The number of urea groups is 1. The Morgan fingerprint density at radius 3 is 2.62 bits per heavy atom. The number of nitrogens with zero attached hydrogens (tertiary/aromatic N) is 4. The predicted molar refractivity (Wildman–Crippen MR) is 89.6 cm³/mol. The minimum Gasteiger partial charge on any atom is -0.339 e. The van der Waals surface area contributed by atoms with Crippen LogP contribution in [0.3, 0.4) is 0 Å². The van der Waals surface area contributed by atoms with Crippen LogP contribution in [0, 0.1) is 20.8 Å². The van der Waals surface area contributed by atoms with Crippen molar-refractivity contribution in [2.24, 2.45) is 7.05 Å². The number of carbonyl (C=O) groups is 1. The topological polar surface area (TPSA) is 97.9 Å². The maximum Gasteiger partial charge on any atom is 0.315 e. The minimum atomic E-state index is -0.175. The molecule has 0 radical (unpaired) electrons. The van der Waals surface area contributed by atoms with E-state index in [4.69, 9.17) is 4.52 Å². The van der Waals surface area contributed by atoms with E-state index in [1.54, 1.807) is 6.92 Å². The Morgan fingerprint density at radius 1 is 1.33 bits per heavy atom. The van der Waals surface area contributed by atoms with Crippen molar-refractivity contribution in [3.63, 3.8) is 0 Å². The van der Waals surface area contributed by atoms with Gasteiger partial charge in [0.05, 0.1) is 11.7 Å². The highest BCUT2D eigenvalue weighted by Crippen LogP contribution is 2.23. The van der Waals surface area contributed by atoms with Crippen molar-refractivity contribution in [3.05, 3.63) is 28.7 Å². The zero-order valence-corrected chi connectivity index (χ0v) is 15.0. The van der Waals surface area contributed by atoms with Gasteiger partial charge in [0, 0.05) is 31.3 Å². The molecule has 8 nitrogen and oxygen atoms in total. The van der Waals surface area contributed by atoms with Crippen molar-refractivity contribution >= 4 is 6.03 Å². The van der Waals surface area contributed by atoms with Crippen LogP contribution in [0.2, 0.25) is 0 Å². The Labute approximate surface area is 142 Å². The molecule has 2 aromatic heterocycles. The van der Waals surface area contributed by atoms with Crippen LogP contribution in [0.4, 0.5) is 4.79 Å². The van der Waals surface area contributed by atoms with Crippen LogP contribution < -0.4 is 10.6 Å². The van der Waals surface area contributed by atoms with E-state index in [9.17, 15) is 4.79 Å². The number of rotatable bonds is 7. The molecule has 2 amide bonds. The molecule has 1 unspecified atom stereocenters. The van der Waals surface area contributed by atoms with Crippen LogP contribution in [-0.4, -0.2) is 32.5 Å². The molecule has 0 saturated carbocycles. The molecule has 0 bridgehead atoms. The second-order valence-corrected chi connectivity index (χ2v) is 5.91. The van der Waals surface area contributed by atoms with E-state index < -0.39 is 0 Å². The van der Waals surface area contributed by atoms with Gasteiger partial charge in [0.25, 0.3) is 0 Å². The van der Waals surface area contributed by atoms with E-state index in [1.807, 2.05) is 25.6 Å². The lowest BCUT2D eigenvalue weighted by atomic mass is 10.0. The molecule has 132 valence electrons. The summed E-state index contributed by atoms with van der Waals surface area (Å²) in [5.74, 6) is 1.23. The molecule has 0 spiro atoms. The highest BCUT2D eigenvalue weighted by molar-refractivity contribution is 5.74. The molecule has 2 aromatic rings. The smallest absolute Gasteiger partial charge is 0.315 e. The normalized spacial score (nSPS) is 12.2. The van der Waals surface area contributed by atoms with E-state index in [-0.39, 0.29) is 12.1 Å². The van der Waals surface area contributed by atoms with Crippen LogP contribution in [0.5, 0.6) is 0 Å². The molecule has 2 rings (SSSR count). The summed E-state index contributed by atoms with van der Waals surface area (Å²) in [7, 11) is 1.91. The van der Waals surface area contributed by atoms with Gasteiger partial charge < -0.3 is 15.2 Å². The second kappa shape index (κ2) is 7.94. The number of amides is 2. The average molecular weight is 334 g/mol. The maximum atomic E-state index is 12.1. The van der Waals surface area contributed by atoms with Crippen LogP contribution in [0.1, 0.15) is 54.5 Å². The standard InChI is InChI=1S/C16H26N6O2/c1-6-13(15-10(2)20-22(5)11(15)3)19-16(23)17-9-7-8-14-18-12(4)21-24-14/h13H,6-9H2,1-5H3,(H2,17,19,23). The first-order chi connectivity index (χ1) is 11.4. The SMILES string of the molecule is CCC(NC(=O)NCCCc1nc(C)no1)c1c(C)nn(C)c1C. The monoisotopic (exact) mass is 334 g/mol. The molecule has 24 heavy (non-hydrogen) atoms. The van der Waals surface area contributed by atoms with Gasteiger partial charge in [-0.15, -0.1) is 0 Å². The average Bonchev–Trinajstić information content (AvgIpc) is 3.05. The summed E-state index contributed by atoms with van der Waals surface area (Å²) >= 11 is 0. The fraction of sp³-hybridized carbons (Fsp3) is 0.625. The van der Waals surface area contributed by atoms with Crippen LogP contribution in [0.25, 0.3) is 0 Å². The molecule has 2 heterocycles. The van der Waals surface area contributed by atoms with Crippen LogP contribution in [0.15, 0.2) is 4.52 Å². The van der Waals surface area contributed by atoms with Gasteiger partial charge in [-0.3, -0.25) is 4.68 Å². The van der Waals surface area contributed by atoms with E-state index >= 15 is 0 Å². The van der Waals surface area contributed by atoms with Crippen molar-refractivity contribution in [1.29, 1.82) is 0 Å². The van der Waals surface area contributed by atoms with Crippen LogP contribution >= 0.6 is 0 Å². The third kappa shape index (κ3) is 4.33. The molecule has 0 fully saturated rings. The summed E-state index contributed by atoms with van der Waals surface area (Å²) in [6.07, 6.45) is 2.21. The minimum absolute atomic E-state index is 0.0442. The lowest BCUT2D eigenvalue weighted by Crippen LogP contribution is -2.38. The van der Waals surface area contributed by atoms with Gasteiger partial charge in [0.15, 0.2) is 5.82 Å². The molecule has 0 saturated heterocycles. The Morgan fingerprint density at radius 2 is 2.08 bits per heavy atom. The summed E-state index contributed by atoms with van der Waals surface area (Å²) in [5, 5.41) is 14.1. The predicted octanol–water partition coefficient (Wildman–Crippen LogP) is 2.11. The number of nitrogens with one attached hydrogen (secondary N) is 2. The van der Waals surface area contributed by atoms with Gasteiger partial charge >= 0.3 is 6.03 Å². The number of aryl methyl sites for hydroxylation is 4. The van der Waals surface area contributed by atoms with Crippen molar-refractivity contribution in [1.82, 2.24) is 30.6 Å². The van der Waals surface area contributed by atoms with Gasteiger partial charge in [0.1, 0.15) is 0 Å². The molecule has 0 aliphatic heterocycles. The van der Waals surface area contributed by atoms with Crippen LogP contribution in [-0.2, 0) is 13.5 Å². The van der Waals surface area contributed by atoms with E-state index in [0.717, 1.165) is 29.8 Å². The Bertz CT molecular complexity index is 691. The molecular formula is C16H26N6O2. The van der Waals surface area contributed by atoms with Gasteiger partial charge in [-0.2, -0.15) is 10.1 Å². The highest BCUT2D eigenvalue weighted by atomic mass is 16.5. The molecule has 8 heteroatoms. The Balaban J connectivity index is 1.81. The second-order valence-electron chi connectivity index (χ2n) is 5.91. The van der Waals surface area contributed by atoms with Crippen molar-refractivity contribution in [2.45, 2.75) is 53.0 Å². The highest BCUT2D eigenvalue weighted by Gasteiger charge is 2.20. The van der Waals surface area contributed by atoms with E-state index in [1.165, 1.54) is 0 Å². The summed E-state index contributed by atoms with van der Waals surface area (Å²) in [5.41, 5.74) is 3.12. The number of aromatic nitrogens is 4. The van der Waals surface area contributed by atoms with Crippen molar-refractivity contribution < 1.29 is 9.32 Å². The molecular weight excluding hydrogens is 308 g/mol. The van der Waals surface area contributed by atoms with E-state index in [0.29, 0.717) is 24.7 Å². The summed E-state index contributed by atoms with van der Waals surface area (Å²) in [4.78, 5) is 16.3. The van der Waals surface area contributed by atoms with Gasteiger partial charge in [-0.1, -0.05) is 12.1 Å². The quantitative estimate of drug-likeness (QED) is 0.756. The molecule has 1 atom stereocenters. The van der Waals surface area contributed by atoms with Gasteiger partial charge in [-0.25, -0.2) is 4.79 Å². The zero-order chi connectivity index (χ0) is 17.7. The number of hydrogen-bond donors (Lipinski definition) is 2. The lowest BCUT2D eigenvalue weighted by molar-refractivity contribution is 0.236. The fourth-order valence-corrected chi connectivity index (χ4v) is 2.77. The number of carbonyl (C=O) groups excluding carboxylic acids is 1. The number of hydrogen-bond acceptors (Lipinski definition) is 5. The molecule has 0 aliphatic rings. The zero-order valence-electron chi connectivity index (χ0n) is 15.0. The maximum absolute atomic E-state index is 12.1. The van der Waals surface area contributed by atoms with Crippen molar-refractivity contribution in [3.8, 4) is 0 Å². The molecule has 0 aromatic carbocycles. The first kappa shape index (κ1) is 18.0. The third-order valence-electron chi connectivity index (χ3n) is 4.05. The third-order valence-corrected chi connectivity index (χ3v) is 4.05. The summed E-state index contributed by atoms with van der Waals surface area (Å²) < 4.78 is 6.89. The van der Waals surface area contributed by atoms with Gasteiger partial charge in [0.2, 0.25) is 5.89 Å². The van der Waals surface area contributed by atoms with E-state index in [2.05, 4.69) is 32.8 Å². The molecule has 2 N–H and O–H groups in total. The first-order valence-electron chi connectivity index (χ1n) is 8.26. The Hall–Kier alpha value is -2.38. The summed E-state index contributed by atoms with van der Waals surface area (Å²) in [6.45, 7) is 8.37. The van der Waals surface area contributed by atoms with Crippen molar-refractivity contribution in [2.75, 3.05) is 6.54 Å². The first-order valence-corrected chi connectivity index (χ1v) is 8.26. The summed E-state index contributed by atoms with van der Waals surface area (Å²) in [6, 6.07) is -0.219. The lowest BCUT2D eigenvalue weighted by Gasteiger charge is -2.18. The molecule has 0 aliphatic carbocycles. The largest absolute Gasteiger partial charge is 0.339 e.